The van der Waals surface area contributed by atoms with E-state index >= 15 is 0 Å². The average Bonchev–Trinajstić information content (AvgIpc) is 2.08. The minimum atomic E-state index is -1.24. The van der Waals surface area contributed by atoms with Crippen molar-refractivity contribution in [3.05, 3.63) is 0 Å². The number of carboxylic acid groups (broad SMARTS) is 1. The van der Waals surface area contributed by atoms with Crippen LogP contribution in [0.2, 0.25) is 0 Å². The predicted molar refractivity (Wildman–Crippen MR) is 59.2 cm³/mol. The summed E-state index contributed by atoms with van der Waals surface area (Å²) in [7, 11) is 0. The van der Waals surface area contributed by atoms with Gasteiger partial charge in [0.2, 0.25) is 5.91 Å². The highest BCUT2D eigenvalue weighted by Gasteiger charge is 2.23. The third kappa shape index (κ3) is 8.06. The van der Waals surface area contributed by atoms with E-state index in [0.29, 0.717) is 0 Å². The number of primary amides is 1. The van der Waals surface area contributed by atoms with Gasteiger partial charge >= 0.3 is 12.1 Å². The van der Waals surface area contributed by atoms with Crippen LogP contribution in [-0.4, -0.2) is 34.7 Å². The van der Waals surface area contributed by atoms with Crippen LogP contribution in [-0.2, 0) is 14.3 Å². The first-order chi connectivity index (χ1) is 7.61. The molecule has 0 aromatic carbocycles. The van der Waals surface area contributed by atoms with Crippen molar-refractivity contribution >= 4 is 18.0 Å². The Morgan fingerprint density at radius 3 is 2.24 bits per heavy atom. The number of amides is 2. The Kier molecular flexibility index (Phi) is 5.43. The van der Waals surface area contributed by atoms with Crippen LogP contribution in [0.4, 0.5) is 4.79 Å². The van der Waals surface area contributed by atoms with Gasteiger partial charge in [0.1, 0.15) is 11.6 Å². The molecule has 0 aromatic rings. The molecule has 2 amide bonds. The normalized spacial score (nSPS) is 12.6. The van der Waals surface area contributed by atoms with Crippen LogP contribution < -0.4 is 11.1 Å². The Bertz CT molecular complexity index is 308. The third-order valence-electron chi connectivity index (χ3n) is 1.67. The number of carboxylic acids is 1. The lowest BCUT2D eigenvalue weighted by molar-refractivity contribution is -0.139. The molecule has 0 fully saturated rings. The van der Waals surface area contributed by atoms with E-state index in [2.05, 4.69) is 5.32 Å². The zero-order valence-corrected chi connectivity index (χ0v) is 10.1. The first-order valence-corrected chi connectivity index (χ1v) is 5.12. The van der Waals surface area contributed by atoms with Gasteiger partial charge < -0.3 is 20.9 Å². The van der Waals surface area contributed by atoms with Gasteiger partial charge in [-0.2, -0.15) is 0 Å². The maximum Gasteiger partial charge on any atom is 0.408 e. The largest absolute Gasteiger partial charge is 0.480 e. The zero-order valence-electron chi connectivity index (χ0n) is 10.1. The number of carbonyl (C=O) groups is 3. The molecule has 0 saturated heterocycles. The summed E-state index contributed by atoms with van der Waals surface area (Å²) in [5, 5.41) is 11.0. The second-order valence-corrected chi connectivity index (χ2v) is 4.54. The standard InChI is InChI=1S/C10H18N2O5/c1-10(2,3)17-9(16)12-6(8(14)15)4-5-7(11)13/h6H,4-5H2,1-3H3,(H2,11,13)(H,12,16)(H,14,15)/t6-/m1/s1. The van der Waals surface area contributed by atoms with Gasteiger partial charge in [-0.15, -0.1) is 0 Å². The number of alkyl carbamates (subject to hydrolysis) is 1. The number of nitrogens with one attached hydrogen (secondary N) is 1. The number of nitrogens with two attached hydrogens (primary N) is 1. The Labute approximate surface area is 99.3 Å². The molecule has 7 heteroatoms. The van der Waals surface area contributed by atoms with Crippen LogP contribution in [0.3, 0.4) is 0 Å². The Morgan fingerprint density at radius 2 is 1.88 bits per heavy atom. The first kappa shape index (κ1) is 15.2. The molecule has 7 nitrogen and oxygen atoms in total. The molecule has 0 aliphatic rings. The SMILES string of the molecule is CC(C)(C)OC(=O)N[C@H](CCC(N)=O)C(=O)O. The highest BCUT2D eigenvalue weighted by atomic mass is 16.6. The van der Waals surface area contributed by atoms with Gasteiger partial charge in [-0.1, -0.05) is 0 Å². The van der Waals surface area contributed by atoms with E-state index in [0.717, 1.165) is 0 Å². The molecule has 17 heavy (non-hydrogen) atoms. The minimum absolute atomic E-state index is 0.0656. The zero-order chi connectivity index (χ0) is 13.6. The van der Waals surface area contributed by atoms with E-state index in [-0.39, 0.29) is 12.8 Å². The number of rotatable bonds is 5. The molecule has 0 saturated carbocycles. The Balaban J connectivity index is 4.30. The fraction of sp³-hybridized carbons (Fsp3) is 0.700. The van der Waals surface area contributed by atoms with Gasteiger partial charge in [-0.05, 0) is 27.2 Å². The molecule has 0 bridgehead atoms. The number of ether oxygens (including phenoxy) is 1. The molecule has 0 aliphatic carbocycles. The summed E-state index contributed by atoms with van der Waals surface area (Å²) in [5.41, 5.74) is 4.19. The van der Waals surface area contributed by atoms with Crippen molar-refractivity contribution in [3.63, 3.8) is 0 Å². The van der Waals surface area contributed by atoms with Crippen molar-refractivity contribution in [2.75, 3.05) is 0 Å². The number of hydrogen-bond donors (Lipinski definition) is 3. The predicted octanol–water partition coefficient (Wildman–Crippen LogP) is 0.230. The number of aliphatic carboxylic acids is 1. The molecular weight excluding hydrogens is 228 g/mol. The molecule has 0 aromatic heterocycles. The van der Waals surface area contributed by atoms with E-state index in [1.165, 1.54) is 0 Å². The van der Waals surface area contributed by atoms with Crippen LogP contribution in [0.15, 0.2) is 0 Å². The fourth-order valence-electron chi connectivity index (χ4n) is 0.994. The lowest BCUT2D eigenvalue weighted by atomic mass is 10.1. The van der Waals surface area contributed by atoms with Gasteiger partial charge in [-0.25, -0.2) is 9.59 Å². The number of carbonyl (C=O) groups excluding carboxylic acids is 2. The maximum absolute atomic E-state index is 11.3. The molecule has 0 aliphatic heterocycles. The van der Waals surface area contributed by atoms with Crippen molar-refractivity contribution in [1.29, 1.82) is 0 Å². The smallest absolute Gasteiger partial charge is 0.408 e. The Morgan fingerprint density at radius 1 is 1.35 bits per heavy atom. The van der Waals surface area contributed by atoms with Crippen molar-refractivity contribution in [2.24, 2.45) is 5.73 Å². The minimum Gasteiger partial charge on any atom is -0.480 e. The average molecular weight is 246 g/mol. The Hall–Kier alpha value is -1.79. The molecule has 0 radical (unpaired) electrons. The summed E-state index contributed by atoms with van der Waals surface area (Å²) >= 11 is 0. The number of hydrogen-bond acceptors (Lipinski definition) is 4. The van der Waals surface area contributed by atoms with E-state index < -0.39 is 29.6 Å². The quantitative estimate of drug-likeness (QED) is 0.641. The lowest BCUT2D eigenvalue weighted by Gasteiger charge is -2.21. The molecule has 4 N–H and O–H groups in total. The van der Waals surface area contributed by atoms with Crippen molar-refractivity contribution in [1.82, 2.24) is 5.32 Å². The van der Waals surface area contributed by atoms with E-state index in [1.807, 2.05) is 0 Å². The highest BCUT2D eigenvalue weighted by molar-refractivity contribution is 5.81. The first-order valence-electron chi connectivity index (χ1n) is 5.12. The topological polar surface area (TPSA) is 119 Å². The lowest BCUT2D eigenvalue weighted by Crippen LogP contribution is -2.43. The van der Waals surface area contributed by atoms with Crippen molar-refractivity contribution in [2.45, 2.75) is 45.3 Å². The second-order valence-electron chi connectivity index (χ2n) is 4.54. The molecular formula is C10H18N2O5. The summed E-state index contributed by atoms with van der Waals surface area (Å²) in [6, 6.07) is -1.18. The van der Waals surface area contributed by atoms with Gasteiger partial charge in [0.15, 0.2) is 0 Å². The van der Waals surface area contributed by atoms with Gasteiger partial charge in [0.25, 0.3) is 0 Å². The van der Waals surface area contributed by atoms with Crippen molar-refractivity contribution in [3.8, 4) is 0 Å². The maximum atomic E-state index is 11.3. The molecule has 98 valence electrons. The van der Waals surface area contributed by atoms with Crippen LogP contribution >= 0.6 is 0 Å². The molecule has 0 spiro atoms. The summed E-state index contributed by atoms with van der Waals surface area (Å²) in [6.07, 6.45) is -1.02. The van der Waals surface area contributed by atoms with Crippen molar-refractivity contribution < 1.29 is 24.2 Å². The molecule has 0 heterocycles. The summed E-state index contributed by atoms with van der Waals surface area (Å²) in [4.78, 5) is 32.6. The highest BCUT2D eigenvalue weighted by Crippen LogP contribution is 2.07. The van der Waals surface area contributed by atoms with E-state index in [4.69, 9.17) is 15.6 Å². The second kappa shape index (κ2) is 6.07. The van der Waals surface area contributed by atoms with Crippen LogP contribution in [0, 0.1) is 0 Å². The monoisotopic (exact) mass is 246 g/mol. The summed E-state index contributed by atoms with van der Waals surface area (Å²) in [5.74, 6) is -1.86. The molecule has 0 unspecified atom stereocenters. The summed E-state index contributed by atoms with van der Waals surface area (Å²) in [6.45, 7) is 4.98. The summed E-state index contributed by atoms with van der Waals surface area (Å²) < 4.78 is 4.90. The fourth-order valence-corrected chi connectivity index (χ4v) is 0.994. The molecule has 1 atom stereocenters. The van der Waals surface area contributed by atoms with Crippen LogP contribution in [0.25, 0.3) is 0 Å². The van der Waals surface area contributed by atoms with Gasteiger partial charge in [-0.3, -0.25) is 4.79 Å². The molecule has 0 rings (SSSR count). The van der Waals surface area contributed by atoms with E-state index in [1.54, 1.807) is 20.8 Å². The third-order valence-corrected chi connectivity index (χ3v) is 1.67. The van der Waals surface area contributed by atoms with Gasteiger partial charge in [0, 0.05) is 6.42 Å². The van der Waals surface area contributed by atoms with Gasteiger partial charge in [0.05, 0.1) is 0 Å². The van der Waals surface area contributed by atoms with Crippen LogP contribution in [0.1, 0.15) is 33.6 Å². The van der Waals surface area contributed by atoms with Crippen LogP contribution in [0.5, 0.6) is 0 Å². The van der Waals surface area contributed by atoms with E-state index in [9.17, 15) is 14.4 Å².